The van der Waals surface area contributed by atoms with Crippen LogP contribution in [0.3, 0.4) is 0 Å². The Hall–Kier alpha value is -0.680. The Morgan fingerprint density at radius 2 is 2.28 bits per heavy atom. The molecule has 0 bridgehead atoms. The van der Waals surface area contributed by atoms with E-state index >= 15 is 0 Å². The molecule has 4 atom stereocenters. The van der Waals surface area contributed by atoms with Gasteiger partial charge in [0.15, 0.2) is 10.8 Å². The van der Waals surface area contributed by atoms with Gasteiger partial charge in [-0.3, -0.25) is 0 Å². The van der Waals surface area contributed by atoms with E-state index in [1.807, 2.05) is 13.8 Å². The van der Waals surface area contributed by atoms with E-state index in [4.69, 9.17) is 12.2 Å². The molecule has 18 heavy (non-hydrogen) atoms. The second-order valence-corrected chi connectivity index (χ2v) is 6.79. The molecule has 0 radical (unpaired) electrons. The molecule has 5 heteroatoms. The normalized spacial score (nSPS) is 43.3. The van der Waals surface area contributed by atoms with Crippen molar-refractivity contribution in [1.29, 1.82) is 0 Å². The van der Waals surface area contributed by atoms with Gasteiger partial charge in [0.2, 0.25) is 0 Å². The third-order valence-corrected chi connectivity index (χ3v) is 5.43. The highest BCUT2D eigenvalue weighted by atomic mass is 32.1. The third kappa shape index (κ3) is 1.29. The molecule has 0 amide bonds. The van der Waals surface area contributed by atoms with Crippen molar-refractivity contribution < 1.29 is 5.11 Å². The molecule has 2 fully saturated rings. The second kappa shape index (κ2) is 3.45. The minimum Gasteiger partial charge on any atom is -0.368 e. The predicted octanol–water partition coefficient (Wildman–Crippen LogP) is 1.55. The zero-order valence-electron chi connectivity index (χ0n) is 11.4. The first kappa shape index (κ1) is 12.4. The molecular weight excluding hydrogens is 246 g/mol. The molecule has 1 heterocycles. The molecule has 1 aliphatic heterocycles. The average molecular weight is 267 g/mol. The molecule has 4 nitrogen and oxygen atoms in total. The minimum absolute atomic E-state index is 0.147. The quantitative estimate of drug-likeness (QED) is 0.708. The highest BCUT2D eigenvalue weighted by Gasteiger charge is 2.75. The van der Waals surface area contributed by atoms with E-state index in [1.165, 1.54) is 0 Å². The zero-order valence-corrected chi connectivity index (χ0v) is 12.2. The van der Waals surface area contributed by atoms with Crippen LogP contribution in [0.4, 0.5) is 0 Å². The molecule has 0 aromatic carbocycles. The Morgan fingerprint density at radius 3 is 2.89 bits per heavy atom. The molecule has 3 rings (SSSR count). The molecular formula is C13H21N3OS. The Kier molecular flexibility index (Phi) is 2.37. The van der Waals surface area contributed by atoms with E-state index in [0.717, 1.165) is 18.7 Å². The van der Waals surface area contributed by atoms with Crippen LogP contribution in [-0.4, -0.2) is 33.2 Å². The summed E-state index contributed by atoms with van der Waals surface area (Å²) in [5.41, 5.74) is 0.494. The van der Waals surface area contributed by atoms with Crippen LogP contribution in [0.25, 0.3) is 0 Å². The largest absolute Gasteiger partial charge is 0.368 e. The topological polar surface area (TPSA) is 47.9 Å². The first-order chi connectivity index (χ1) is 8.34. The van der Waals surface area contributed by atoms with E-state index in [2.05, 4.69) is 24.3 Å². The number of hydrogen-bond donors (Lipinski definition) is 2. The summed E-state index contributed by atoms with van der Waals surface area (Å²) in [6, 6.07) is 0. The maximum atomic E-state index is 11.0. The van der Waals surface area contributed by atoms with Gasteiger partial charge in [0.05, 0.1) is 5.92 Å². The minimum atomic E-state index is -0.881. The summed E-state index contributed by atoms with van der Waals surface area (Å²) in [6.45, 7) is 9.35. The third-order valence-electron chi connectivity index (χ3n) is 5.11. The van der Waals surface area contributed by atoms with Gasteiger partial charge in [0, 0.05) is 18.7 Å². The van der Waals surface area contributed by atoms with E-state index < -0.39 is 5.72 Å². The number of thiocarbonyl (C=S) groups is 1. The van der Waals surface area contributed by atoms with Gasteiger partial charge in [0.25, 0.3) is 0 Å². The van der Waals surface area contributed by atoms with Crippen LogP contribution in [0, 0.1) is 23.2 Å². The van der Waals surface area contributed by atoms with Gasteiger partial charge >= 0.3 is 0 Å². The van der Waals surface area contributed by atoms with Crippen molar-refractivity contribution in [3.63, 3.8) is 0 Å². The maximum Gasteiger partial charge on any atom is 0.192 e. The molecule has 2 aliphatic carbocycles. The summed E-state index contributed by atoms with van der Waals surface area (Å²) >= 11 is 5.32. The van der Waals surface area contributed by atoms with Gasteiger partial charge in [-0.15, -0.1) is 0 Å². The van der Waals surface area contributed by atoms with E-state index in [0.29, 0.717) is 22.4 Å². The summed E-state index contributed by atoms with van der Waals surface area (Å²) in [7, 11) is 0. The van der Waals surface area contributed by atoms with Crippen LogP contribution in [0.5, 0.6) is 0 Å². The zero-order chi connectivity index (χ0) is 13.3. The first-order valence-corrected chi connectivity index (χ1v) is 7.10. The standard InChI is InChI=1S/C13H21N3OS/c1-5-14-11(18)16-13(17)6-8-10(12(8,3)4)9(13)7(2)15-16/h8-10,17H,5-6H2,1-4H3,(H,14,18)/t8-,9+,10-,13+/m1/s1. The number of hydrazone groups is 1. The summed E-state index contributed by atoms with van der Waals surface area (Å²) in [4.78, 5) is 0. The number of rotatable bonds is 1. The molecule has 0 aromatic rings. The lowest BCUT2D eigenvalue weighted by Gasteiger charge is -2.36. The van der Waals surface area contributed by atoms with Gasteiger partial charge in [-0.25, -0.2) is 5.01 Å². The monoisotopic (exact) mass is 267 g/mol. The number of fused-ring (bicyclic) bond motifs is 3. The Labute approximate surface area is 113 Å². The van der Waals surface area contributed by atoms with Crippen LogP contribution in [0.15, 0.2) is 5.10 Å². The second-order valence-electron chi connectivity index (χ2n) is 6.40. The van der Waals surface area contributed by atoms with Crippen LogP contribution >= 0.6 is 12.2 Å². The van der Waals surface area contributed by atoms with Gasteiger partial charge in [0.1, 0.15) is 0 Å². The van der Waals surface area contributed by atoms with Crippen LogP contribution < -0.4 is 5.32 Å². The highest BCUT2D eigenvalue weighted by molar-refractivity contribution is 7.80. The fourth-order valence-electron chi connectivity index (χ4n) is 4.14. The lowest BCUT2D eigenvalue weighted by molar-refractivity contribution is -0.0859. The van der Waals surface area contributed by atoms with Gasteiger partial charge in [-0.1, -0.05) is 13.8 Å². The lowest BCUT2D eigenvalue weighted by atomic mass is 9.84. The molecule has 2 N–H and O–H groups in total. The predicted molar refractivity (Wildman–Crippen MR) is 75.0 cm³/mol. The number of aliphatic hydroxyl groups is 1. The van der Waals surface area contributed by atoms with Gasteiger partial charge in [-0.2, -0.15) is 5.10 Å². The molecule has 0 saturated heterocycles. The van der Waals surface area contributed by atoms with Crippen molar-refractivity contribution in [2.24, 2.45) is 28.3 Å². The fourth-order valence-corrected chi connectivity index (χ4v) is 4.49. The first-order valence-electron chi connectivity index (χ1n) is 6.69. The fraction of sp³-hybridized carbons (Fsp3) is 0.846. The van der Waals surface area contributed by atoms with Crippen molar-refractivity contribution in [3.05, 3.63) is 0 Å². The molecule has 0 unspecified atom stereocenters. The van der Waals surface area contributed by atoms with Gasteiger partial charge in [-0.05, 0) is 43.3 Å². The molecule has 3 aliphatic rings. The van der Waals surface area contributed by atoms with Crippen molar-refractivity contribution in [2.75, 3.05) is 6.54 Å². The number of nitrogens with zero attached hydrogens (tertiary/aromatic N) is 2. The van der Waals surface area contributed by atoms with Crippen LogP contribution in [0.1, 0.15) is 34.1 Å². The summed E-state index contributed by atoms with van der Waals surface area (Å²) in [5, 5.41) is 20.8. The SMILES string of the molecule is CCNC(=S)N1N=C(C)[C@H]2[C@H]3[C@@H](C[C@]21O)C3(C)C. The Morgan fingerprint density at radius 1 is 1.61 bits per heavy atom. The molecule has 0 aromatic heterocycles. The van der Waals surface area contributed by atoms with E-state index in [9.17, 15) is 5.11 Å². The summed E-state index contributed by atoms with van der Waals surface area (Å²) in [5.74, 6) is 1.31. The number of hydrogen-bond acceptors (Lipinski definition) is 3. The van der Waals surface area contributed by atoms with E-state index in [-0.39, 0.29) is 5.92 Å². The van der Waals surface area contributed by atoms with Crippen molar-refractivity contribution in [1.82, 2.24) is 10.3 Å². The highest BCUT2D eigenvalue weighted by Crippen LogP contribution is 2.73. The number of nitrogens with one attached hydrogen (secondary N) is 1. The van der Waals surface area contributed by atoms with Crippen molar-refractivity contribution in [3.8, 4) is 0 Å². The van der Waals surface area contributed by atoms with Gasteiger partial charge < -0.3 is 10.4 Å². The van der Waals surface area contributed by atoms with Crippen LogP contribution in [-0.2, 0) is 0 Å². The Bertz CT molecular complexity index is 448. The summed E-state index contributed by atoms with van der Waals surface area (Å²) < 4.78 is 0. The van der Waals surface area contributed by atoms with Crippen molar-refractivity contribution in [2.45, 2.75) is 39.8 Å². The average Bonchev–Trinajstić information content (AvgIpc) is 2.62. The smallest absolute Gasteiger partial charge is 0.192 e. The lowest BCUT2D eigenvalue weighted by Crippen LogP contribution is -2.53. The van der Waals surface area contributed by atoms with E-state index in [1.54, 1.807) is 5.01 Å². The van der Waals surface area contributed by atoms with Crippen LogP contribution in [0.2, 0.25) is 0 Å². The summed E-state index contributed by atoms with van der Waals surface area (Å²) in [6.07, 6.45) is 0.779. The Balaban J connectivity index is 1.89. The maximum absolute atomic E-state index is 11.0. The molecule has 100 valence electrons. The molecule has 0 spiro atoms. The van der Waals surface area contributed by atoms with Crippen molar-refractivity contribution >= 4 is 23.0 Å². The molecule has 2 saturated carbocycles.